The Bertz CT molecular complexity index is 385. The quantitative estimate of drug-likeness (QED) is 0.781. The Morgan fingerprint density at radius 2 is 2.06 bits per heavy atom. The maximum Gasteiger partial charge on any atom is 0.0396 e. The summed E-state index contributed by atoms with van der Waals surface area (Å²) in [6.45, 7) is 0.970. The monoisotopic (exact) mass is 287 g/mol. The number of hydrogen-bond acceptors (Lipinski definition) is 2. The molecule has 4 heteroatoms. The second-order valence-electron chi connectivity index (χ2n) is 4.14. The van der Waals surface area contributed by atoms with Crippen molar-refractivity contribution in [3.8, 4) is 0 Å². The van der Waals surface area contributed by atoms with Crippen LogP contribution in [0, 0.1) is 0 Å². The van der Waals surface area contributed by atoms with E-state index in [2.05, 4.69) is 29.6 Å². The molecule has 0 aliphatic heterocycles. The van der Waals surface area contributed by atoms with Gasteiger partial charge in [-0.2, -0.15) is 0 Å². The van der Waals surface area contributed by atoms with Gasteiger partial charge in [-0.25, -0.2) is 0 Å². The fraction of sp³-hybridized carbons (Fsp3) is 0.385. The summed E-state index contributed by atoms with van der Waals surface area (Å²) >= 11 is 13.0. The van der Waals surface area contributed by atoms with Crippen molar-refractivity contribution in [2.75, 3.05) is 5.75 Å². The van der Waals surface area contributed by atoms with Crippen LogP contribution in [0.1, 0.15) is 18.4 Å². The van der Waals surface area contributed by atoms with Crippen molar-refractivity contribution in [1.82, 2.24) is 5.32 Å². The van der Waals surface area contributed by atoms with Crippen molar-refractivity contribution in [2.24, 2.45) is 0 Å². The lowest BCUT2D eigenvalue weighted by Gasteiger charge is -2.05. The van der Waals surface area contributed by atoms with Gasteiger partial charge in [0.05, 0.1) is 0 Å². The molecule has 0 saturated heterocycles. The van der Waals surface area contributed by atoms with Crippen molar-refractivity contribution in [2.45, 2.75) is 30.3 Å². The minimum absolute atomic E-state index is 0.677. The van der Waals surface area contributed by atoms with Crippen LogP contribution >= 0.6 is 35.0 Å². The molecule has 0 unspecified atom stereocenters. The van der Waals surface area contributed by atoms with Gasteiger partial charge in [0.1, 0.15) is 0 Å². The van der Waals surface area contributed by atoms with Crippen molar-refractivity contribution < 1.29 is 0 Å². The molecule has 0 heterocycles. The first kappa shape index (κ1) is 13.3. The Morgan fingerprint density at radius 3 is 2.65 bits per heavy atom. The van der Waals surface area contributed by atoms with E-state index in [1.54, 1.807) is 11.8 Å². The molecule has 0 aromatic heterocycles. The molecule has 0 spiro atoms. The number of rotatable bonds is 6. The van der Waals surface area contributed by atoms with E-state index in [9.17, 15) is 0 Å². The van der Waals surface area contributed by atoms with E-state index in [1.165, 1.54) is 28.8 Å². The molecule has 2 rings (SSSR count). The number of hydrogen-bond donors (Lipinski definition) is 1. The first-order valence-electron chi connectivity index (χ1n) is 5.68. The summed E-state index contributed by atoms with van der Waals surface area (Å²) in [5, 5.41) is 4.17. The van der Waals surface area contributed by atoms with E-state index >= 15 is 0 Å². The van der Waals surface area contributed by atoms with E-state index in [4.69, 9.17) is 23.2 Å². The summed E-state index contributed by atoms with van der Waals surface area (Å²) in [7, 11) is 0. The summed E-state index contributed by atoms with van der Waals surface area (Å²) < 4.78 is 0. The van der Waals surface area contributed by atoms with Crippen LogP contribution in [0.2, 0.25) is 0 Å². The molecular formula is C13H15Cl2NS. The molecule has 1 N–H and O–H groups in total. The van der Waals surface area contributed by atoms with Gasteiger partial charge in [-0.15, -0.1) is 11.8 Å². The Morgan fingerprint density at radius 1 is 1.35 bits per heavy atom. The lowest BCUT2D eigenvalue weighted by Crippen LogP contribution is -2.14. The SMILES string of the molecule is Cl/C=C(/Cl)CSc1ccc(CNC2CC2)cc1. The fourth-order valence-corrected chi connectivity index (χ4v) is 2.49. The van der Waals surface area contributed by atoms with Crippen molar-refractivity contribution >= 4 is 35.0 Å². The first-order valence-corrected chi connectivity index (χ1v) is 7.48. The summed E-state index contributed by atoms with van der Waals surface area (Å²) in [6, 6.07) is 9.35. The van der Waals surface area contributed by atoms with E-state index < -0.39 is 0 Å². The number of halogens is 2. The molecule has 1 aromatic rings. The average molecular weight is 288 g/mol. The molecule has 1 fully saturated rings. The van der Waals surface area contributed by atoms with Crippen LogP contribution < -0.4 is 5.32 Å². The zero-order valence-electron chi connectivity index (χ0n) is 9.46. The second-order valence-corrected chi connectivity index (χ2v) is 5.90. The molecule has 1 saturated carbocycles. The zero-order valence-corrected chi connectivity index (χ0v) is 11.8. The smallest absolute Gasteiger partial charge is 0.0396 e. The largest absolute Gasteiger partial charge is 0.310 e. The first-order chi connectivity index (χ1) is 8.28. The van der Waals surface area contributed by atoms with Gasteiger partial charge in [0, 0.05) is 33.8 Å². The molecular weight excluding hydrogens is 273 g/mol. The maximum absolute atomic E-state index is 5.84. The summed E-state index contributed by atoms with van der Waals surface area (Å²) in [5.41, 5.74) is 2.75. The van der Waals surface area contributed by atoms with Crippen LogP contribution in [0.25, 0.3) is 0 Å². The van der Waals surface area contributed by atoms with Crippen LogP contribution in [-0.4, -0.2) is 11.8 Å². The van der Waals surface area contributed by atoms with Crippen LogP contribution in [0.3, 0.4) is 0 Å². The maximum atomic E-state index is 5.84. The van der Waals surface area contributed by atoms with Crippen LogP contribution in [0.4, 0.5) is 0 Å². The highest BCUT2D eigenvalue weighted by Crippen LogP contribution is 2.23. The molecule has 0 atom stereocenters. The van der Waals surface area contributed by atoms with E-state index in [0.717, 1.165) is 18.3 Å². The molecule has 92 valence electrons. The minimum atomic E-state index is 0.677. The molecule has 1 aliphatic rings. The summed E-state index contributed by atoms with van der Waals surface area (Å²) in [6.07, 6.45) is 2.66. The van der Waals surface area contributed by atoms with E-state index in [0.29, 0.717) is 5.03 Å². The molecule has 1 aromatic carbocycles. The molecule has 17 heavy (non-hydrogen) atoms. The van der Waals surface area contributed by atoms with Crippen LogP contribution in [0.15, 0.2) is 39.7 Å². The Hall–Kier alpha value is -0.150. The van der Waals surface area contributed by atoms with Gasteiger partial charge in [-0.3, -0.25) is 0 Å². The molecule has 1 nitrogen and oxygen atoms in total. The van der Waals surface area contributed by atoms with Gasteiger partial charge < -0.3 is 5.32 Å². The summed E-state index contributed by atoms with van der Waals surface area (Å²) in [4.78, 5) is 1.22. The fourth-order valence-electron chi connectivity index (χ4n) is 1.44. The van der Waals surface area contributed by atoms with Crippen molar-refractivity contribution in [3.63, 3.8) is 0 Å². The third kappa shape index (κ3) is 4.92. The van der Waals surface area contributed by atoms with Gasteiger partial charge in [0.25, 0.3) is 0 Å². The molecule has 0 radical (unpaired) electrons. The highest BCUT2D eigenvalue weighted by Gasteiger charge is 2.19. The van der Waals surface area contributed by atoms with Gasteiger partial charge in [0.15, 0.2) is 0 Å². The van der Waals surface area contributed by atoms with Gasteiger partial charge in [-0.1, -0.05) is 35.3 Å². The van der Waals surface area contributed by atoms with Gasteiger partial charge in [0.2, 0.25) is 0 Å². The van der Waals surface area contributed by atoms with Crippen LogP contribution in [-0.2, 0) is 6.54 Å². The third-order valence-electron chi connectivity index (χ3n) is 2.59. The predicted molar refractivity (Wildman–Crippen MR) is 76.8 cm³/mol. The average Bonchev–Trinajstić information content (AvgIpc) is 3.18. The lowest BCUT2D eigenvalue weighted by atomic mass is 10.2. The normalized spacial score (nSPS) is 16.2. The highest BCUT2D eigenvalue weighted by atomic mass is 35.5. The Kier molecular flexibility index (Phi) is 5.23. The second kappa shape index (κ2) is 6.69. The van der Waals surface area contributed by atoms with Gasteiger partial charge in [-0.05, 0) is 30.5 Å². The zero-order chi connectivity index (χ0) is 12.1. The molecule has 0 bridgehead atoms. The van der Waals surface area contributed by atoms with Gasteiger partial charge >= 0.3 is 0 Å². The molecule has 0 amide bonds. The lowest BCUT2D eigenvalue weighted by molar-refractivity contribution is 0.687. The predicted octanol–water partition coefficient (Wildman–Crippen LogP) is 4.35. The summed E-state index contributed by atoms with van der Waals surface area (Å²) in [5.74, 6) is 0.727. The van der Waals surface area contributed by atoms with Crippen molar-refractivity contribution in [1.29, 1.82) is 0 Å². The standard InChI is InChI=1S/C13H15Cl2NS/c14-7-11(15)9-17-13-5-1-10(2-6-13)8-16-12-3-4-12/h1-2,5-7,12,16H,3-4,8-9H2/b11-7+. The highest BCUT2D eigenvalue weighted by molar-refractivity contribution is 7.99. The minimum Gasteiger partial charge on any atom is -0.310 e. The number of nitrogens with one attached hydrogen (secondary N) is 1. The number of thioether (sulfide) groups is 1. The Balaban J connectivity index is 1.79. The van der Waals surface area contributed by atoms with Crippen LogP contribution in [0.5, 0.6) is 0 Å². The Labute approximate surface area is 117 Å². The third-order valence-corrected chi connectivity index (χ3v) is 4.43. The topological polar surface area (TPSA) is 12.0 Å². The number of benzene rings is 1. The van der Waals surface area contributed by atoms with Crippen molar-refractivity contribution in [3.05, 3.63) is 40.4 Å². The molecule has 1 aliphatic carbocycles. The van der Waals surface area contributed by atoms with E-state index in [1.807, 2.05) is 0 Å². The van der Waals surface area contributed by atoms with E-state index in [-0.39, 0.29) is 0 Å².